The van der Waals surface area contributed by atoms with E-state index >= 15 is 0 Å². The summed E-state index contributed by atoms with van der Waals surface area (Å²) in [6, 6.07) is -0.0681. The van der Waals surface area contributed by atoms with Crippen LogP contribution in [-0.4, -0.2) is 43.3 Å². The van der Waals surface area contributed by atoms with E-state index in [2.05, 4.69) is 4.98 Å². The predicted molar refractivity (Wildman–Crippen MR) is 74.8 cm³/mol. The zero-order valence-electron chi connectivity index (χ0n) is 10.8. The lowest BCUT2D eigenvalue weighted by Crippen LogP contribution is -2.47. The first-order valence-corrected chi connectivity index (χ1v) is 9.10. The maximum atomic E-state index is 11.8. The van der Waals surface area contributed by atoms with Crippen LogP contribution in [0.15, 0.2) is 0 Å². The highest BCUT2D eigenvalue weighted by Crippen LogP contribution is 2.33. The number of aromatic nitrogens is 1. The molecule has 0 bridgehead atoms. The van der Waals surface area contributed by atoms with Crippen LogP contribution in [0.25, 0.3) is 0 Å². The van der Waals surface area contributed by atoms with Crippen molar-refractivity contribution in [3.63, 3.8) is 0 Å². The zero-order chi connectivity index (χ0) is 13.6. The van der Waals surface area contributed by atoms with Gasteiger partial charge in [0, 0.05) is 19.0 Å². The average molecular weight is 300 g/mol. The summed E-state index contributed by atoms with van der Waals surface area (Å²) >= 11 is 1.42. The summed E-state index contributed by atoms with van der Waals surface area (Å²) in [5.74, 6) is 0.531. The SMILES string of the molecule is CC1CS(=O)(=O)CCN1c1nc2c(s1)C(=O)CCC2. The number of Topliss-reactive ketones (excluding diaryl/α,β-unsaturated/α-hetero) is 1. The average Bonchev–Trinajstić information content (AvgIpc) is 2.72. The molecule has 3 rings (SSSR count). The third-order valence-corrected chi connectivity index (χ3v) is 6.64. The molecule has 19 heavy (non-hydrogen) atoms. The number of thiazole rings is 1. The number of ketones is 1. The third kappa shape index (κ3) is 2.41. The standard InChI is InChI=1S/C12H16N2O3S2/c1-8-7-19(16,17)6-5-14(8)12-13-9-3-2-4-10(15)11(9)18-12/h8H,2-7H2,1H3. The van der Waals surface area contributed by atoms with Crippen molar-refractivity contribution < 1.29 is 13.2 Å². The number of carbonyl (C=O) groups excluding carboxylic acids is 1. The van der Waals surface area contributed by atoms with E-state index in [0.717, 1.165) is 28.5 Å². The third-order valence-electron chi connectivity index (χ3n) is 3.67. The van der Waals surface area contributed by atoms with Crippen LogP contribution >= 0.6 is 11.3 Å². The molecule has 104 valence electrons. The second-order valence-corrected chi connectivity index (χ2v) is 8.41. The Labute approximate surface area is 116 Å². The predicted octanol–water partition coefficient (Wildman–Crippen LogP) is 1.29. The highest BCUT2D eigenvalue weighted by Gasteiger charge is 2.31. The first-order chi connectivity index (χ1) is 8.96. The van der Waals surface area contributed by atoms with E-state index in [9.17, 15) is 13.2 Å². The van der Waals surface area contributed by atoms with E-state index in [1.165, 1.54) is 11.3 Å². The van der Waals surface area contributed by atoms with Gasteiger partial charge in [-0.15, -0.1) is 0 Å². The Morgan fingerprint density at radius 2 is 2.16 bits per heavy atom. The minimum absolute atomic E-state index is 0.0681. The number of carbonyl (C=O) groups is 1. The van der Waals surface area contributed by atoms with Crippen LogP contribution in [-0.2, 0) is 16.3 Å². The number of nitrogens with zero attached hydrogens (tertiary/aromatic N) is 2. The largest absolute Gasteiger partial charge is 0.343 e. The molecule has 0 radical (unpaired) electrons. The van der Waals surface area contributed by atoms with E-state index in [4.69, 9.17) is 0 Å². The van der Waals surface area contributed by atoms with Crippen molar-refractivity contribution in [2.45, 2.75) is 32.2 Å². The van der Waals surface area contributed by atoms with Crippen molar-refractivity contribution in [3.05, 3.63) is 10.6 Å². The number of aryl methyl sites for hydroxylation is 1. The Balaban J connectivity index is 1.89. The molecule has 2 heterocycles. The molecule has 1 atom stereocenters. The lowest BCUT2D eigenvalue weighted by molar-refractivity contribution is 0.0976. The van der Waals surface area contributed by atoms with Crippen molar-refractivity contribution in [3.8, 4) is 0 Å². The van der Waals surface area contributed by atoms with Gasteiger partial charge in [-0.1, -0.05) is 11.3 Å². The van der Waals surface area contributed by atoms with Crippen molar-refractivity contribution in [1.29, 1.82) is 0 Å². The normalized spacial score (nSPS) is 26.3. The van der Waals surface area contributed by atoms with Crippen LogP contribution in [0.4, 0.5) is 5.13 Å². The molecular formula is C12H16N2O3S2. The van der Waals surface area contributed by atoms with Crippen molar-refractivity contribution in [1.82, 2.24) is 4.98 Å². The lowest BCUT2D eigenvalue weighted by Gasteiger charge is -2.32. The van der Waals surface area contributed by atoms with Gasteiger partial charge in [-0.05, 0) is 19.8 Å². The molecule has 5 nitrogen and oxygen atoms in total. The Kier molecular flexibility index (Phi) is 3.13. The van der Waals surface area contributed by atoms with E-state index in [1.54, 1.807) is 0 Å². The van der Waals surface area contributed by atoms with Gasteiger partial charge in [0.1, 0.15) is 0 Å². The van der Waals surface area contributed by atoms with E-state index in [0.29, 0.717) is 13.0 Å². The molecule has 1 saturated heterocycles. The van der Waals surface area contributed by atoms with E-state index < -0.39 is 9.84 Å². The molecule has 2 aliphatic rings. The smallest absolute Gasteiger partial charge is 0.186 e. The molecule has 1 fully saturated rings. The Morgan fingerprint density at radius 3 is 2.84 bits per heavy atom. The second kappa shape index (κ2) is 4.56. The quantitative estimate of drug-likeness (QED) is 0.781. The van der Waals surface area contributed by atoms with Gasteiger partial charge in [-0.25, -0.2) is 13.4 Å². The zero-order valence-corrected chi connectivity index (χ0v) is 12.4. The van der Waals surface area contributed by atoms with Crippen molar-refractivity contribution in [2.75, 3.05) is 23.0 Å². The summed E-state index contributed by atoms with van der Waals surface area (Å²) in [6.07, 6.45) is 2.34. The summed E-state index contributed by atoms with van der Waals surface area (Å²) in [4.78, 5) is 19.2. The fourth-order valence-corrected chi connectivity index (χ4v) is 5.43. The van der Waals surface area contributed by atoms with E-state index in [1.807, 2.05) is 11.8 Å². The highest BCUT2D eigenvalue weighted by molar-refractivity contribution is 7.91. The van der Waals surface area contributed by atoms with Gasteiger partial charge >= 0.3 is 0 Å². The van der Waals surface area contributed by atoms with Gasteiger partial charge in [0.15, 0.2) is 20.8 Å². The molecule has 1 unspecified atom stereocenters. The van der Waals surface area contributed by atoms with Gasteiger partial charge in [-0.2, -0.15) is 0 Å². The van der Waals surface area contributed by atoms with Crippen LogP contribution in [0.1, 0.15) is 35.1 Å². The molecule has 0 aromatic carbocycles. The summed E-state index contributed by atoms with van der Waals surface area (Å²) in [6.45, 7) is 2.38. The van der Waals surface area contributed by atoms with Gasteiger partial charge in [-0.3, -0.25) is 4.79 Å². The van der Waals surface area contributed by atoms with Crippen LogP contribution in [0.5, 0.6) is 0 Å². The first-order valence-electron chi connectivity index (χ1n) is 6.46. The molecule has 0 amide bonds. The van der Waals surface area contributed by atoms with Crippen molar-refractivity contribution in [2.24, 2.45) is 0 Å². The minimum Gasteiger partial charge on any atom is -0.343 e. The molecule has 0 N–H and O–H groups in total. The van der Waals surface area contributed by atoms with Crippen LogP contribution in [0, 0.1) is 0 Å². The van der Waals surface area contributed by atoms with E-state index in [-0.39, 0.29) is 23.3 Å². The summed E-state index contributed by atoms with van der Waals surface area (Å²) in [7, 11) is -2.92. The summed E-state index contributed by atoms with van der Waals surface area (Å²) in [5.41, 5.74) is 0.900. The molecule has 0 saturated carbocycles. The number of sulfone groups is 1. The summed E-state index contributed by atoms with van der Waals surface area (Å²) in [5, 5.41) is 0.808. The van der Waals surface area contributed by atoms with Gasteiger partial charge in [0.05, 0.1) is 22.1 Å². The van der Waals surface area contributed by atoms with Crippen molar-refractivity contribution >= 4 is 32.1 Å². The minimum atomic E-state index is -2.92. The summed E-state index contributed by atoms with van der Waals surface area (Å²) < 4.78 is 23.2. The topological polar surface area (TPSA) is 67.3 Å². The Morgan fingerprint density at radius 1 is 1.37 bits per heavy atom. The maximum absolute atomic E-state index is 11.8. The molecule has 1 aliphatic heterocycles. The lowest BCUT2D eigenvalue weighted by atomic mass is 10.0. The Bertz CT molecular complexity index is 621. The second-order valence-electron chi connectivity index (χ2n) is 5.21. The molecular weight excluding hydrogens is 284 g/mol. The number of fused-ring (bicyclic) bond motifs is 1. The first kappa shape index (κ1) is 13.1. The molecule has 0 spiro atoms. The molecule has 7 heteroatoms. The molecule has 1 aromatic rings. The number of hydrogen-bond donors (Lipinski definition) is 0. The van der Waals surface area contributed by atoms with Gasteiger partial charge in [0.2, 0.25) is 0 Å². The number of hydrogen-bond acceptors (Lipinski definition) is 6. The van der Waals surface area contributed by atoms with Gasteiger partial charge < -0.3 is 4.90 Å². The monoisotopic (exact) mass is 300 g/mol. The maximum Gasteiger partial charge on any atom is 0.186 e. The fourth-order valence-electron chi connectivity index (χ4n) is 2.66. The van der Waals surface area contributed by atoms with Gasteiger partial charge in [0.25, 0.3) is 0 Å². The Hall–Kier alpha value is -0.950. The van der Waals surface area contributed by atoms with Crippen LogP contribution in [0.2, 0.25) is 0 Å². The number of rotatable bonds is 1. The molecule has 1 aliphatic carbocycles. The number of anilines is 1. The fraction of sp³-hybridized carbons (Fsp3) is 0.667. The molecule has 1 aromatic heterocycles. The van der Waals surface area contributed by atoms with Crippen LogP contribution < -0.4 is 4.90 Å². The highest BCUT2D eigenvalue weighted by atomic mass is 32.2. The van der Waals surface area contributed by atoms with Crippen LogP contribution in [0.3, 0.4) is 0 Å².